The summed E-state index contributed by atoms with van der Waals surface area (Å²) in [6.07, 6.45) is 0.331. The number of aromatic nitrogens is 4. The van der Waals surface area contributed by atoms with Crippen molar-refractivity contribution in [2.24, 2.45) is 0 Å². The first kappa shape index (κ1) is 10.9. The molecular weight excluding hydrogens is 256 g/mol. The summed E-state index contributed by atoms with van der Waals surface area (Å²) in [6.45, 7) is 0. The Kier molecular flexibility index (Phi) is 2.56. The molecule has 3 rings (SSSR count). The fraction of sp³-hybridized carbons (Fsp3) is 0.0909. The maximum atomic E-state index is 11.8. The number of nitrogens with one attached hydrogen (secondary N) is 1. The van der Waals surface area contributed by atoms with E-state index in [2.05, 4.69) is 24.9 Å². The molecule has 0 saturated heterocycles. The number of hydrogen-bond donors (Lipinski definition) is 1. The van der Waals surface area contributed by atoms with Gasteiger partial charge in [0.25, 0.3) is 5.56 Å². The van der Waals surface area contributed by atoms with Crippen LogP contribution in [0, 0.1) is 0 Å². The molecule has 0 fully saturated rings. The van der Waals surface area contributed by atoms with Gasteiger partial charge in [0.1, 0.15) is 5.69 Å². The second kappa shape index (κ2) is 4.23. The van der Waals surface area contributed by atoms with Crippen LogP contribution in [0.15, 0.2) is 33.7 Å². The van der Waals surface area contributed by atoms with Gasteiger partial charge in [-0.2, -0.15) is 0 Å². The number of rotatable bonds is 2. The number of halogens is 1. The van der Waals surface area contributed by atoms with Gasteiger partial charge in [0.15, 0.2) is 0 Å². The quantitative estimate of drug-likeness (QED) is 0.757. The largest absolute Gasteiger partial charge is 0.299 e. The number of aromatic amines is 1. The molecule has 6 nitrogen and oxygen atoms in total. The van der Waals surface area contributed by atoms with Crippen molar-refractivity contribution in [3.05, 3.63) is 50.9 Å². The van der Waals surface area contributed by atoms with Crippen LogP contribution in [0.25, 0.3) is 11.3 Å². The molecule has 1 N–H and O–H groups in total. The summed E-state index contributed by atoms with van der Waals surface area (Å²) in [6, 6.07) is 7.29. The molecular formula is C11H7ClN4O2. The van der Waals surface area contributed by atoms with E-state index < -0.39 is 0 Å². The molecule has 18 heavy (non-hydrogen) atoms. The van der Waals surface area contributed by atoms with E-state index in [9.17, 15) is 4.79 Å². The van der Waals surface area contributed by atoms with Gasteiger partial charge in [-0.3, -0.25) is 9.78 Å². The zero-order valence-corrected chi connectivity index (χ0v) is 9.81. The van der Waals surface area contributed by atoms with Crippen molar-refractivity contribution >= 4 is 22.9 Å². The Bertz CT molecular complexity index is 765. The number of H-pyrrole nitrogens is 1. The summed E-state index contributed by atoms with van der Waals surface area (Å²) in [5.74, 6) is 0. The van der Waals surface area contributed by atoms with Crippen molar-refractivity contribution in [3.63, 3.8) is 0 Å². The van der Waals surface area contributed by atoms with Gasteiger partial charge in [0.05, 0.1) is 0 Å². The molecule has 7 heteroatoms. The van der Waals surface area contributed by atoms with E-state index >= 15 is 0 Å². The molecule has 0 radical (unpaired) electrons. The molecule has 0 spiro atoms. The van der Waals surface area contributed by atoms with E-state index in [4.69, 9.17) is 11.6 Å². The SMILES string of the molecule is O=c1[nH]c2nonc2nc1Cc1ccccc1Cl. The molecule has 0 aliphatic heterocycles. The fourth-order valence-corrected chi connectivity index (χ4v) is 1.84. The van der Waals surface area contributed by atoms with Crippen molar-refractivity contribution in [1.82, 2.24) is 20.3 Å². The van der Waals surface area contributed by atoms with E-state index in [1.54, 1.807) is 6.07 Å². The Labute approximate surface area is 106 Å². The Balaban J connectivity index is 2.07. The molecule has 2 heterocycles. The summed E-state index contributed by atoms with van der Waals surface area (Å²) in [7, 11) is 0. The first-order chi connectivity index (χ1) is 8.74. The third kappa shape index (κ3) is 1.86. The molecule has 2 aromatic heterocycles. The van der Waals surface area contributed by atoms with Gasteiger partial charge in [-0.25, -0.2) is 9.61 Å². The molecule has 1 aromatic carbocycles. The molecule has 0 atom stereocenters. The van der Waals surface area contributed by atoms with Crippen LogP contribution in [0.5, 0.6) is 0 Å². The van der Waals surface area contributed by atoms with Gasteiger partial charge in [-0.1, -0.05) is 29.8 Å². The van der Waals surface area contributed by atoms with Crippen LogP contribution in [-0.4, -0.2) is 20.3 Å². The Morgan fingerprint density at radius 3 is 2.94 bits per heavy atom. The van der Waals surface area contributed by atoms with Crippen molar-refractivity contribution in [3.8, 4) is 0 Å². The molecule has 0 aliphatic rings. The van der Waals surface area contributed by atoms with Crippen molar-refractivity contribution < 1.29 is 4.63 Å². The highest BCUT2D eigenvalue weighted by molar-refractivity contribution is 6.31. The molecule has 0 aliphatic carbocycles. The minimum Gasteiger partial charge on any atom is -0.299 e. The van der Waals surface area contributed by atoms with Crippen LogP contribution >= 0.6 is 11.6 Å². The maximum Gasteiger partial charge on any atom is 0.271 e. The summed E-state index contributed by atoms with van der Waals surface area (Å²) in [5.41, 5.74) is 1.34. The molecule has 0 saturated carbocycles. The monoisotopic (exact) mass is 262 g/mol. The van der Waals surface area contributed by atoms with Gasteiger partial charge in [0.2, 0.25) is 11.3 Å². The number of benzene rings is 1. The third-order valence-corrected chi connectivity index (χ3v) is 2.89. The zero-order chi connectivity index (χ0) is 12.5. The van der Waals surface area contributed by atoms with E-state index in [0.717, 1.165) is 5.56 Å². The molecule has 3 aromatic rings. The predicted molar refractivity (Wildman–Crippen MR) is 64.5 cm³/mol. The van der Waals surface area contributed by atoms with Crippen LogP contribution in [0.4, 0.5) is 0 Å². The number of hydrogen-bond acceptors (Lipinski definition) is 5. The second-order valence-corrected chi connectivity index (χ2v) is 4.12. The predicted octanol–water partition coefficient (Wildman–Crippen LogP) is 1.55. The minimum atomic E-state index is -0.321. The van der Waals surface area contributed by atoms with Gasteiger partial charge < -0.3 is 0 Å². The highest BCUT2D eigenvalue weighted by Gasteiger charge is 2.10. The maximum absolute atomic E-state index is 11.8. The van der Waals surface area contributed by atoms with Crippen LogP contribution in [0.1, 0.15) is 11.3 Å². The lowest BCUT2D eigenvalue weighted by molar-refractivity contribution is 0.314. The summed E-state index contributed by atoms with van der Waals surface area (Å²) in [4.78, 5) is 18.4. The van der Waals surface area contributed by atoms with Crippen molar-refractivity contribution in [1.29, 1.82) is 0 Å². The van der Waals surface area contributed by atoms with E-state index in [-0.39, 0.29) is 16.9 Å². The molecule has 0 amide bonds. The lowest BCUT2D eigenvalue weighted by Gasteiger charge is -2.02. The standard InChI is InChI=1S/C11H7ClN4O2/c12-7-4-2-1-3-6(7)5-8-11(17)14-10-9(13-8)15-18-16-10/h1-4H,5H2,(H,14,16,17). The van der Waals surface area contributed by atoms with E-state index in [0.29, 0.717) is 17.1 Å². The smallest absolute Gasteiger partial charge is 0.271 e. The molecule has 90 valence electrons. The normalized spacial score (nSPS) is 10.9. The van der Waals surface area contributed by atoms with Gasteiger partial charge in [-0.05, 0) is 21.9 Å². The van der Waals surface area contributed by atoms with Crippen LogP contribution in [-0.2, 0) is 6.42 Å². The lowest BCUT2D eigenvalue weighted by atomic mass is 10.1. The average Bonchev–Trinajstić information content (AvgIpc) is 2.79. The fourth-order valence-electron chi connectivity index (χ4n) is 1.64. The van der Waals surface area contributed by atoms with Crippen LogP contribution < -0.4 is 5.56 Å². The Morgan fingerprint density at radius 2 is 2.11 bits per heavy atom. The van der Waals surface area contributed by atoms with Crippen LogP contribution in [0.3, 0.4) is 0 Å². The number of nitrogens with zero attached hydrogens (tertiary/aromatic N) is 3. The summed E-state index contributed by atoms with van der Waals surface area (Å²) >= 11 is 6.04. The molecule has 0 unspecified atom stereocenters. The summed E-state index contributed by atoms with van der Waals surface area (Å²) in [5, 5.41) is 7.69. The van der Waals surface area contributed by atoms with E-state index in [1.807, 2.05) is 18.2 Å². The van der Waals surface area contributed by atoms with Crippen molar-refractivity contribution in [2.75, 3.05) is 0 Å². The highest BCUT2D eigenvalue weighted by Crippen LogP contribution is 2.17. The first-order valence-electron chi connectivity index (χ1n) is 5.19. The first-order valence-corrected chi connectivity index (χ1v) is 5.57. The Hall–Kier alpha value is -2.21. The van der Waals surface area contributed by atoms with Gasteiger partial charge in [-0.15, -0.1) is 0 Å². The summed E-state index contributed by atoms with van der Waals surface area (Å²) < 4.78 is 4.49. The Morgan fingerprint density at radius 1 is 1.28 bits per heavy atom. The number of fused-ring (bicyclic) bond motifs is 1. The zero-order valence-electron chi connectivity index (χ0n) is 9.05. The van der Waals surface area contributed by atoms with Gasteiger partial charge in [0, 0.05) is 11.4 Å². The van der Waals surface area contributed by atoms with Crippen LogP contribution in [0.2, 0.25) is 5.02 Å². The topological polar surface area (TPSA) is 84.7 Å². The average molecular weight is 263 g/mol. The van der Waals surface area contributed by atoms with E-state index in [1.165, 1.54) is 0 Å². The lowest BCUT2D eigenvalue weighted by Crippen LogP contribution is -2.15. The molecule has 0 bridgehead atoms. The van der Waals surface area contributed by atoms with Crippen molar-refractivity contribution in [2.45, 2.75) is 6.42 Å². The van der Waals surface area contributed by atoms with Gasteiger partial charge >= 0.3 is 0 Å². The minimum absolute atomic E-state index is 0.239. The third-order valence-electron chi connectivity index (χ3n) is 2.52. The second-order valence-electron chi connectivity index (χ2n) is 3.72. The highest BCUT2D eigenvalue weighted by atomic mass is 35.5.